The maximum atomic E-state index is 13.7. The van der Waals surface area contributed by atoms with Gasteiger partial charge in [0.05, 0.1) is 4.47 Å². The molecule has 2 aromatic carbocycles. The van der Waals surface area contributed by atoms with E-state index in [9.17, 15) is 13.2 Å². The summed E-state index contributed by atoms with van der Waals surface area (Å²) in [5.41, 5.74) is 0.478. The first-order valence-electron chi connectivity index (χ1n) is 5.30. The van der Waals surface area contributed by atoms with E-state index in [4.69, 9.17) is 0 Å². The summed E-state index contributed by atoms with van der Waals surface area (Å²) in [4.78, 5) is 0. The first-order valence-corrected chi connectivity index (χ1v) is 6.89. The molecule has 0 fully saturated rings. The number of rotatable bonds is 3. The third-order valence-corrected chi connectivity index (χ3v) is 3.79. The quantitative estimate of drug-likeness (QED) is 0.702. The van der Waals surface area contributed by atoms with Crippen LogP contribution in [-0.4, -0.2) is 0 Å². The predicted octanol–water partition coefficient (Wildman–Crippen LogP) is 5.24. The standard InChI is InChI=1S/C13H8Br2F3N/c14-9-2-3-11(17)8(13(9)18)6-19-12-4-1-7(16)5-10(12)15/h1-5,19H,6H2. The number of halogens is 5. The van der Waals surface area contributed by atoms with Crippen LogP contribution in [0.4, 0.5) is 18.9 Å². The summed E-state index contributed by atoms with van der Waals surface area (Å²) in [5, 5.41) is 2.85. The molecule has 0 saturated heterocycles. The summed E-state index contributed by atoms with van der Waals surface area (Å²) in [5.74, 6) is -1.67. The minimum atomic E-state index is -0.647. The van der Waals surface area contributed by atoms with Crippen LogP contribution in [0.3, 0.4) is 0 Å². The van der Waals surface area contributed by atoms with Gasteiger partial charge < -0.3 is 5.32 Å². The summed E-state index contributed by atoms with van der Waals surface area (Å²) >= 11 is 6.18. The second-order valence-corrected chi connectivity index (χ2v) is 5.51. The Morgan fingerprint density at radius 2 is 1.68 bits per heavy atom. The van der Waals surface area contributed by atoms with Crippen molar-refractivity contribution in [2.75, 3.05) is 5.32 Å². The van der Waals surface area contributed by atoms with Crippen molar-refractivity contribution in [3.05, 3.63) is 62.3 Å². The highest BCUT2D eigenvalue weighted by Gasteiger charge is 2.12. The summed E-state index contributed by atoms with van der Waals surface area (Å²) in [6.07, 6.45) is 0. The molecule has 0 aromatic heterocycles. The Balaban J connectivity index is 2.21. The van der Waals surface area contributed by atoms with Gasteiger partial charge in [0, 0.05) is 22.3 Å². The lowest BCUT2D eigenvalue weighted by molar-refractivity contribution is 0.555. The van der Waals surface area contributed by atoms with E-state index < -0.39 is 17.5 Å². The molecule has 2 rings (SSSR count). The Morgan fingerprint density at radius 1 is 0.947 bits per heavy atom. The van der Waals surface area contributed by atoms with Gasteiger partial charge in [-0.05, 0) is 62.2 Å². The van der Waals surface area contributed by atoms with E-state index in [1.165, 1.54) is 30.3 Å². The van der Waals surface area contributed by atoms with Crippen LogP contribution in [0.2, 0.25) is 0 Å². The van der Waals surface area contributed by atoms with Crippen LogP contribution in [0.25, 0.3) is 0 Å². The molecule has 1 N–H and O–H groups in total. The maximum Gasteiger partial charge on any atom is 0.145 e. The number of anilines is 1. The minimum absolute atomic E-state index is 0.0403. The van der Waals surface area contributed by atoms with E-state index in [1.807, 2.05) is 0 Å². The van der Waals surface area contributed by atoms with E-state index in [-0.39, 0.29) is 16.6 Å². The zero-order chi connectivity index (χ0) is 14.0. The predicted molar refractivity (Wildman–Crippen MR) is 75.5 cm³/mol. The van der Waals surface area contributed by atoms with Crippen molar-refractivity contribution in [1.29, 1.82) is 0 Å². The Morgan fingerprint density at radius 3 is 2.37 bits per heavy atom. The highest BCUT2D eigenvalue weighted by molar-refractivity contribution is 9.10. The van der Waals surface area contributed by atoms with Gasteiger partial charge in [-0.2, -0.15) is 0 Å². The summed E-state index contributed by atoms with van der Waals surface area (Å²) in [6, 6.07) is 6.52. The number of hydrogen-bond acceptors (Lipinski definition) is 1. The van der Waals surface area contributed by atoms with Gasteiger partial charge in [-0.25, -0.2) is 13.2 Å². The lowest BCUT2D eigenvalue weighted by Crippen LogP contribution is -2.05. The summed E-state index contributed by atoms with van der Waals surface area (Å²) in [7, 11) is 0. The topological polar surface area (TPSA) is 12.0 Å². The Labute approximate surface area is 125 Å². The molecule has 0 saturated carbocycles. The second-order valence-electron chi connectivity index (χ2n) is 3.80. The van der Waals surface area contributed by atoms with Crippen LogP contribution < -0.4 is 5.32 Å². The molecule has 0 spiro atoms. The molecular formula is C13H8Br2F3N. The molecule has 2 aromatic rings. The monoisotopic (exact) mass is 393 g/mol. The highest BCUT2D eigenvalue weighted by Crippen LogP contribution is 2.26. The molecule has 0 bridgehead atoms. The SMILES string of the molecule is Fc1ccc(NCc2c(F)ccc(Br)c2F)c(Br)c1. The lowest BCUT2D eigenvalue weighted by Gasteiger charge is -2.11. The molecule has 0 aliphatic rings. The number of benzene rings is 2. The molecule has 1 nitrogen and oxygen atoms in total. The van der Waals surface area contributed by atoms with Gasteiger partial charge in [0.1, 0.15) is 17.5 Å². The van der Waals surface area contributed by atoms with Crippen molar-refractivity contribution < 1.29 is 13.2 Å². The summed E-state index contributed by atoms with van der Waals surface area (Å²) in [6.45, 7) is -0.0403. The third kappa shape index (κ3) is 3.30. The van der Waals surface area contributed by atoms with E-state index in [0.29, 0.717) is 10.2 Å². The third-order valence-electron chi connectivity index (χ3n) is 2.53. The molecular weight excluding hydrogens is 387 g/mol. The van der Waals surface area contributed by atoms with Crippen molar-refractivity contribution >= 4 is 37.5 Å². The van der Waals surface area contributed by atoms with Gasteiger partial charge in [0.25, 0.3) is 0 Å². The van der Waals surface area contributed by atoms with E-state index >= 15 is 0 Å². The van der Waals surface area contributed by atoms with Gasteiger partial charge in [-0.3, -0.25) is 0 Å². The van der Waals surface area contributed by atoms with Crippen LogP contribution >= 0.6 is 31.9 Å². The van der Waals surface area contributed by atoms with Crippen LogP contribution in [-0.2, 0) is 6.54 Å². The maximum absolute atomic E-state index is 13.7. The smallest absolute Gasteiger partial charge is 0.145 e. The molecule has 0 aliphatic heterocycles. The van der Waals surface area contributed by atoms with Crippen LogP contribution in [0, 0.1) is 17.5 Å². The molecule has 6 heteroatoms. The van der Waals surface area contributed by atoms with E-state index in [0.717, 1.165) is 0 Å². The zero-order valence-corrected chi connectivity index (χ0v) is 12.7. The second kappa shape index (κ2) is 5.96. The summed E-state index contributed by atoms with van der Waals surface area (Å²) < 4.78 is 40.9. The van der Waals surface area contributed by atoms with E-state index in [2.05, 4.69) is 37.2 Å². The molecule has 0 heterocycles. The fourth-order valence-corrected chi connectivity index (χ4v) is 2.41. The van der Waals surface area contributed by atoms with Gasteiger partial charge >= 0.3 is 0 Å². The Kier molecular flexibility index (Phi) is 4.52. The zero-order valence-electron chi connectivity index (χ0n) is 9.48. The van der Waals surface area contributed by atoms with Crippen LogP contribution in [0.5, 0.6) is 0 Å². The van der Waals surface area contributed by atoms with E-state index in [1.54, 1.807) is 0 Å². The van der Waals surface area contributed by atoms with Gasteiger partial charge in [0.2, 0.25) is 0 Å². The molecule has 0 unspecified atom stereocenters. The van der Waals surface area contributed by atoms with Crippen molar-refractivity contribution in [3.8, 4) is 0 Å². The molecule has 0 radical (unpaired) electrons. The highest BCUT2D eigenvalue weighted by atomic mass is 79.9. The van der Waals surface area contributed by atoms with Gasteiger partial charge in [-0.15, -0.1) is 0 Å². The van der Waals surface area contributed by atoms with Gasteiger partial charge in [-0.1, -0.05) is 0 Å². The molecule has 0 atom stereocenters. The number of hydrogen-bond donors (Lipinski definition) is 1. The van der Waals surface area contributed by atoms with Crippen molar-refractivity contribution in [3.63, 3.8) is 0 Å². The van der Waals surface area contributed by atoms with Crippen molar-refractivity contribution in [1.82, 2.24) is 0 Å². The van der Waals surface area contributed by atoms with Crippen LogP contribution in [0.15, 0.2) is 39.3 Å². The lowest BCUT2D eigenvalue weighted by atomic mass is 10.2. The normalized spacial score (nSPS) is 10.6. The largest absolute Gasteiger partial charge is 0.380 e. The average molecular weight is 395 g/mol. The molecule has 100 valence electrons. The molecule has 0 aliphatic carbocycles. The first kappa shape index (κ1) is 14.4. The number of nitrogens with one attached hydrogen (secondary N) is 1. The average Bonchev–Trinajstić information content (AvgIpc) is 2.36. The Hall–Kier alpha value is -1.01. The van der Waals surface area contributed by atoms with Crippen molar-refractivity contribution in [2.45, 2.75) is 6.54 Å². The minimum Gasteiger partial charge on any atom is -0.380 e. The Bertz CT molecular complexity index is 617. The first-order chi connectivity index (χ1) is 8.99. The van der Waals surface area contributed by atoms with Gasteiger partial charge in [0.15, 0.2) is 0 Å². The fourth-order valence-electron chi connectivity index (χ4n) is 1.55. The molecule has 0 amide bonds. The fraction of sp³-hybridized carbons (Fsp3) is 0.0769. The molecule has 19 heavy (non-hydrogen) atoms. The van der Waals surface area contributed by atoms with Crippen LogP contribution in [0.1, 0.15) is 5.56 Å². The van der Waals surface area contributed by atoms with Crippen molar-refractivity contribution in [2.24, 2.45) is 0 Å².